The number of rotatable bonds is 7. The molecule has 1 atom stereocenters. The lowest BCUT2D eigenvalue weighted by Crippen LogP contribution is -2.35. The highest BCUT2D eigenvalue weighted by Crippen LogP contribution is 2.34. The first-order chi connectivity index (χ1) is 9.27. The van der Waals surface area contributed by atoms with E-state index in [9.17, 15) is 8.42 Å². The van der Waals surface area contributed by atoms with Crippen LogP contribution in [-0.4, -0.2) is 26.8 Å². The number of benzene rings is 1. The minimum atomic E-state index is -3.58. The molecule has 1 unspecified atom stereocenters. The van der Waals surface area contributed by atoms with Gasteiger partial charge in [-0.05, 0) is 32.0 Å². The van der Waals surface area contributed by atoms with E-state index in [1.807, 2.05) is 6.92 Å². The van der Waals surface area contributed by atoms with Crippen molar-refractivity contribution in [1.29, 1.82) is 0 Å². The van der Waals surface area contributed by atoms with Crippen molar-refractivity contribution in [2.45, 2.75) is 25.5 Å². The van der Waals surface area contributed by atoms with Crippen LogP contribution in [0.15, 0.2) is 12.1 Å². The van der Waals surface area contributed by atoms with Gasteiger partial charge in [-0.25, -0.2) is 8.42 Å². The van der Waals surface area contributed by atoms with Crippen molar-refractivity contribution in [3.05, 3.63) is 27.2 Å². The van der Waals surface area contributed by atoms with Crippen molar-refractivity contribution in [3.63, 3.8) is 0 Å². The molecule has 0 saturated carbocycles. The van der Waals surface area contributed by atoms with Gasteiger partial charge in [-0.2, -0.15) is 0 Å². The largest absolute Gasteiger partial charge is 0.315 e. The van der Waals surface area contributed by atoms with Gasteiger partial charge in [0.15, 0.2) is 0 Å². The molecule has 0 aliphatic heterocycles. The van der Waals surface area contributed by atoms with Crippen molar-refractivity contribution in [2.24, 2.45) is 0 Å². The fourth-order valence-corrected chi connectivity index (χ4v) is 3.54. The van der Waals surface area contributed by atoms with Crippen LogP contribution in [0.3, 0.4) is 0 Å². The molecule has 0 bridgehead atoms. The topological polar surface area (TPSA) is 58.2 Å². The van der Waals surface area contributed by atoms with Gasteiger partial charge in [-0.1, -0.05) is 41.7 Å². The van der Waals surface area contributed by atoms with Gasteiger partial charge >= 0.3 is 0 Å². The predicted molar refractivity (Wildman–Crippen MR) is 86.6 cm³/mol. The molecule has 0 radical (unpaired) electrons. The summed E-state index contributed by atoms with van der Waals surface area (Å²) in [6, 6.07) is 2.87. The zero-order valence-electron chi connectivity index (χ0n) is 11.2. The van der Waals surface area contributed by atoms with E-state index in [0.717, 1.165) is 13.0 Å². The Morgan fingerprint density at radius 3 is 2.25 bits per heavy atom. The van der Waals surface area contributed by atoms with Gasteiger partial charge in [0, 0.05) is 11.6 Å². The van der Waals surface area contributed by atoms with Crippen LogP contribution in [0.2, 0.25) is 15.1 Å². The highest BCUT2D eigenvalue weighted by atomic mass is 35.5. The van der Waals surface area contributed by atoms with Crippen LogP contribution in [0.5, 0.6) is 0 Å². The third kappa shape index (κ3) is 4.97. The lowest BCUT2D eigenvalue weighted by molar-refractivity contribution is 0.576. The molecule has 0 aliphatic rings. The van der Waals surface area contributed by atoms with Gasteiger partial charge in [0.05, 0.1) is 21.0 Å². The average Bonchev–Trinajstić information content (AvgIpc) is 2.34. The molecule has 0 aliphatic carbocycles. The summed E-state index contributed by atoms with van der Waals surface area (Å²) >= 11 is 17.7. The molecule has 1 aromatic rings. The summed E-state index contributed by atoms with van der Waals surface area (Å²) in [4.78, 5) is 0. The van der Waals surface area contributed by atoms with Crippen molar-refractivity contribution in [1.82, 2.24) is 5.32 Å². The van der Waals surface area contributed by atoms with Gasteiger partial charge in [0.25, 0.3) is 0 Å². The summed E-state index contributed by atoms with van der Waals surface area (Å²) in [5.41, 5.74) is 0.153. The monoisotopic (exact) mass is 358 g/mol. The molecule has 0 amide bonds. The van der Waals surface area contributed by atoms with Crippen LogP contribution < -0.4 is 10.0 Å². The Bertz CT molecular complexity index is 541. The maximum Gasteiger partial charge on any atom is 0.236 e. The minimum absolute atomic E-state index is 0.153. The first-order valence-corrected chi connectivity index (χ1v) is 8.82. The Morgan fingerprint density at radius 1 is 1.20 bits per heavy atom. The van der Waals surface area contributed by atoms with E-state index in [0.29, 0.717) is 11.6 Å². The normalized spacial score (nSPS) is 13.2. The molecule has 4 nitrogen and oxygen atoms in total. The van der Waals surface area contributed by atoms with Gasteiger partial charge in [-0.3, -0.25) is 4.72 Å². The first kappa shape index (κ1) is 17.9. The van der Waals surface area contributed by atoms with Crippen LogP contribution in [0.4, 0.5) is 5.69 Å². The molecule has 0 saturated heterocycles. The highest BCUT2D eigenvalue weighted by molar-refractivity contribution is 7.93. The maximum absolute atomic E-state index is 12.2. The molecule has 1 aromatic carbocycles. The molecule has 114 valence electrons. The number of hydrogen-bond acceptors (Lipinski definition) is 3. The standard InChI is InChI=1S/C12H17Cl3N2O2S/c1-3-4-16-7-8(2)20(18,19)17-12-10(14)5-9(13)6-11(12)15/h5-6,8,16-17H,3-4,7H2,1-2H3. The lowest BCUT2D eigenvalue weighted by Gasteiger charge is -2.17. The molecular formula is C12H17Cl3N2O2S. The Hall–Kier alpha value is -0.200. The molecule has 2 N–H and O–H groups in total. The summed E-state index contributed by atoms with van der Waals surface area (Å²) in [5.74, 6) is 0. The maximum atomic E-state index is 12.2. The Labute approximate surface area is 134 Å². The number of hydrogen-bond donors (Lipinski definition) is 2. The van der Waals surface area contributed by atoms with Crippen LogP contribution in [-0.2, 0) is 10.0 Å². The van der Waals surface area contributed by atoms with Crippen LogP contribution >= 0.6 is 34.8 Å². The van der Waals surface area contributed by atoms with Crippen LogP contribution in [0.25, 0.3) is 0 Å². The molecule has 0 heterocycles. The van der Waals surface area contributed by atoms with Crippen molar-refractivity contribution in [3.8, 4) is 0 Å². The molecule has 0 spiro atoms. The lowest BCUT2D eigenvalue weighted by atomic mass is 10.3. The van der Waals surface area contributed by atoms with Crippen molar-refractivity contribution >= 4 is 50.5 Å². The average molecular weight is 360 g/mol. The quantitative estimate of drug-likeness (QED) is 0.728. The second-order valence-electron chi connectivity index (χ2n) is 4.41. The number of nitrogens with one attached hydrogen (secondary N) is 2. The fraction of sp³-hybridized carbons (Fsp3) is 0.500. The van der Waals surface area contributed by atoms with Crippen LogP contribution in [0.1, 0.15) is 20.3 Å². The van der Waals surface area contributed by atoms with Gasteiger partial charge < -0.3 is 5.32 Å². The molecule has 8 heteroatoms. The first-order valence-electron chi connectivity index (χ1n) is 6.14. The molecule has 0 fully saturated rings. The molecule has 1 rings (SSSR count). The third-order valence-corrected chi connectivity index (χ3v) is 5.17. The van der Waals surface area contributed by atoms with Gasteiger partial charge in [-0.15, -0.1) is 0 Å². The minimum Gasteiger partial charge on any atom is -0.315 e. The van der Waals surface area contributed by atoms with E-state index in [1.165, 1.54) is 12.1 Å². The molecule has 20 heavy (non-hydrogen) atoms. The van der Waals surface area contributed by atoms with E-state index < -0.39 is 15.3 Å². The number of halogens is 3. The fourth-order valence-electron chi connectivity index (χ4n) is 1.47. The zero-order valence-corrected chi connectivity index (χ0v) is 14.3. The Morgan fingerprint density at radius 2 is 1.75 bits per heavy atom. The highest BCUT2D eigenvalue weighted by Gasteiger charge is 2.22. The summed E-state index contributed by atoms with van der Waals surface area (Å²) in [7, 11) is -3.58. The molecule has 0 aromatic heterocycles. The summed E-state index contributed by atoms with van der Waals surface area (Å²) in [6.45, 7) is 4.74. The Kier molecular flexibility index (Phi) is 6.88. The second kappa shape index (κ2) is 7.71. The van der Waals surface area contributed by atoms with E-state index in [4.69, 9.17) is 34.8 Å². The number of sulfonamides is 1. The summed E-state index contributed by atoms with van der Waals surface area (Å²) in [6.07, 6.45) is 0.940. The van der Waals surface area contributed by atoms with Gasteiger partial charge in [0.1, 0.15) is 0 Å². The summed E-state index contributed by atoms with van der Waals surface area (Å²) in [5, 5.41) is 3.13. The third-order valence-electron chi connectivity index (χ3n) is 2.64. The summed E-state index contributed by atoms with van der Waals surface area (Å²) < 4.78 is 26.8. The van der Waals surface area contributed by atoms with Gasteiger partial charge in [0.2, 0.25) is 10.0 Å². The van der Waals surface area contributed by atoms with E-state index >= 15 is 0 Å². The second-order valence-corrected chi connectivity index (χ2v) is 7.76. The number of anilines is 1. The van der Waals surface area contributed by atoms with Crippen LogP contribution in [0, 0.1) is 0 Å². The Balaban J connectivity index is 2.86. The van der Waals surface area contributed by atoms with Crippen molar-refractivity contribution < 1.29 is 8.42 Å². The van der Waals surface area contributed by atoms with Crippen molar-refractivity contribution in [2.75, 3.05) is 17.8 Å². The zero-order chi connectivity index (χ0) is 15.3. The molecular weight excluding hydrogens is 343 g/mol. The van der Waals surface area contributed by atoms with E-state index in [1.54, 1.807) is 6.92 Å². The smallest absolute Gasteiger partial charge is 0.236 e. The predicted octanol–water partition coefficient (Wildman–Crippen LogP) is 3.78. The van der Waals surface area contributed by atoms with E-state index in [-0.39, 0.29) is 15.7 Å². The SMILES string of the molecule is CCCNCC(C)S(=O)(=O)Nc1c(Cl)cc(Cl)cc1Cl. The van der Waals surface area contributed by atoms with E-state index in [2.05, 4.69) is 10.0 Å².